The van der Waals surface area contributed by atoms with Crippen LogP contribution < -0.4 is 0 Å². The molecule has 0 aliphatic rings. The number of aromatic nitrogens is 1. The maximum absolute atomic E-state index is 11.2. The molecule has 5 heteroatoms. The van der Waals surface area contributed by atoms with Crippen molar-refractivity contribution < 1.29 is 9.53 Å². The van der Waals surface area contributed by atoms with E-state index in [0.29, 0.717) is 10.7 Å². The molecule has 0 aliphatic carbocycles. The number of ether oxygens (including phenoxy) is 1. The van der Waals surface area contributed by atoms with Crippen LogP contribution in [-0.4, -0.2) is 36.0 Å². The summed E-state index contributed by atoms with van der Waals surface area (Å²) in [6.45, 7) is 4.35. The van der Waals surface area contributed by atoms with Crippen molar-refractivity contribution in [1.29, 1.82) is 0 Å². The van der Waals surface area contributed by atoms with Crippen LogP contribution in [0, 0.1) is 13.8 Å². The number of carbonyl (C=O) groups is 1. The van der Waals surface area contributed by atoms with E-state index >= 15 is 0 Å². The molecule has 2 rings (SSSR count). The van der Waals surface area contributed by atoms with Gasteiger partial charge in [0.15, 0.2) is 0 Å². The second-order valence-corrected chi connectivity index (χ2v) is 6.40. The van der Waals surface area contributed by atoms with Gasteiger partial charge in [-0.05, 0) is 0 Å². The Morgan fingerprint density at radius 1 is 1.32 bits per heavy atom. The van der Waals surface area contributed by atoms with Crippen molar-refractivity contribution >= 4 is 42.4 Å². The Morgan fingerprint density at radius 2 is 2.00 bits per heavy atom. The minimum atomic E-state index is -0.139. The average Bonchev–Trinajstić information content (AvgIpc) is 2.78. The number of aryl methyl sites for hydroxylation is 2. The molecular weight excluding hydrogens is 455 g/mol. The van der Waals surface area contributed by atoms with Crippen LogP contribution in [0.5, 0.6) is 0 Å². The fraction of sp³-hybridized carbons (Fsp3) is 0.286. The van der Waals surface area contributed by atoms with Gasteiger partial charge in [-0.1, -0.05) is 0 Å². The first-order chi connectivity index (χ1) is 9.10. The molecule has 2 aromatic rings. The van der Waals surface area contributed by atoms with E-state index in [1.165, 1.54) is 30.6 Å². The Morgan fingerprint density at radius 3 is 2.63 bits per heavy atom. The van der Waals surface area contributed by atoms with E-state index in [0.717, 1.165) is 21.1 Å². The van der Waals surface area contributed by atoms with Crippen molar-refractivity contribution in [2.24, 2.45) is 0 Å². The Kier molecular flexibility index (Phi) is 5.07. The average molecular weight is 469 g/mol. The Labute approximate surface area is 132 Å². The van der Waals surface area contributed by atoms with Gasteiger partial charge in [0.2, 0.25) is 0 Å². The molecule has 3 nitrogen and oxygen atoms in total. The first kappa shape index (κ1) is 14.6. The van der Waals surface area contributed by atoms with E-state index in [1.54, 1.807) is 11.3 Å². The molecule has 0 saturated heterocycles. The summed E-state index contributed by atoms with van der Waals surface area (Å²) in [4.78, 5) is 16.8. The molecule has 0 N–H and O–H groups in total. The maximum atomic E-state index is 11.2. The Hall–Kier alpha value is -0.784. The zero-order valence-electron chi connectivity index (χ0n) is 10.8. The summed E-state index contributed by atoms with van der Waals surface area (Å²) in [5.41, 5.74) is 3.28. The second-order valence-electron chi connectivity index (χ2n) is 4.20. The van der Waals surface area contributed by atoms with Gasteiger partial charge in [-0.2, -0.15) is 0 Å². The van der Waals surface area contributed by atoms with Crippen molar-refractivity contribution in [2.45, 2.75) is 24.5 Å². The Balaban J connectivity index is 2.16. The molecule has 0 atom stereocenters. The monoisotopic (exact) mass is 469 g/mol. The van der Waals surface area contributed by atoms with Crippen LogP contribution >= 0.6 is 11.3 Å². The number of nitrogens with zero attached hydrogens (tertiary/aromatic N) is 1. The molecule has 1 radical (unpaired) electrons. The topological polar surface area (TPSA) is 39.2 Å². The van der Waals surface area contributed by atoms with Crippen LogP contribution in [-0.2, 0) is 16.1 Å². The van der Waals surface area contributed by atoms with Crippen molar-refractivity contribution in [3.8, 4) is 10.6 Å². The summed E-state index contributed by atoms with van der Waals surface area (Å²) < 4.78 is 5.67. The molecule has 0 spiro atoms. The summed E-state index contributed by atoms with van der Waals surface area (Å²) >= 11 is 2.81. The molecule has 0 aliphatic heterocycles. The van der Waals surface area contributed by atoms with Gasteiger partial charge in [-0.15, -0.1) is 0 Å². The van der Waals surface area contributed by atoms with E-state index in [4.69, 9.17) is 4.74 Å². The van der Waals surface area contributed by atoms with Gasteiger partial charge in [-0.25, -0.2) is 0 Å². The third kappa shape index (κ3) is 3.84. The van der Waals surface area contributed by atoms with Crippen LogP contribution in [0.3, 0.4) is 0 Å². The molecular formula is C14H14NO2PoS. The van der Waals surface area contributed by atoms with Crippen molar-refractivity contribution in [3.05, 3.63) is 40.4 Å². The van der Waals surface area contributed by atoms with Crippen LogP contribution in [0.2, 0.25) is 4.08 Å². The first-order valence-corrected chi connectivity index (χ1v) is 8.93. The summed E-state index contributed by atoms with van der Waals surface area (Å²) in [5.74, 6) is -0.139. The van der Waals surface area contributed by atoms with Gasteiger partial charge in [0.25, 0.3) is 0 Å². The summed E-state index contributed by atoms with van der Waals surface area (Å²) in [6.07, 6.45) is 0. The third-order valence-electron chi connectivity index (χ3n) is 2.67. The molecule has 0 fully saturated rings. The molecule has 19 heavy (non-hydrogen) atoms. The molecule has 0 unspecified atom stereocenters. The van der Waals surface area contributed by atoms with Crippen LogP contribution in [0.15, 0.2) is 24.3 Å². The number of thiazole rings is 1. The Bertz CT molecular complexity index is 578. The molecule has 0 bridgehead atoms. The van der Waals surface area contributed by atoms with E-state index in [1.807, 2.05) is 6.92 Å². The van der Waals surface area contributed by atoms with Crippen molar-refractivity contribution in [2.75, 3.05) is 0 Å². The van der Waals surface area contributed by atoms with E-state index in [-0.39, 0.29) is 5.97 Å². The van der Waals surface area contributed by atoms with Crippen molar-refractivity contribution in [1.82, 2.24) is 4.98 Å². The zero-order chi connectivity index (χ0) is 13.8. The zero-order valence-corrected chi connectivity index (χ0v) is 14.8. The van der Waals surface area contributed by atoms with Crippen LogP contribution in [0.25, 0.3) is 10.6 Å². The van der Waals surface area contributed by atoms with Crippen molar-refractivity contribution in [3.63, 3.8) is 0 Å². The molecule has 0 saturated carbocycles. The standard InChI is InChI=1S/C14H14NO2S.Po/c1-9-4-6-12(7-5-9)14-15-10(2)13(18-14)8-17-11(3)16;/h4-7H,3,8H2,1-2H3;. The number of rotatable bonds is 4. The quantitative estimate of drug-likeness (QED) is 0.647. The molecule has 1 aromatic heterocycles. The van der Waals surface area contributed by atoms with Crippen LogP contribution in [0.1, 0.15) is 16.1 Å². The number of hydrogen-bond donors (Lipinski definition) is 0. The van der Waals surface area contributed by atoms with Gasteiger partial charge in [0.1, 0.15) is 0 Å². The van der Waals surface area contributed by atoms with E-state index < -0.39 is 0 Å². The minimum absolute atomic E-state index is 0.139. The first-order valence-electron chi connectivity index (χ1n) is 5.87. The number of benzene rings is 1. The summed E-state index contributed by atoms with van der Waals surface area (Å²) in [6, 6.07) is 8.29. The molecule has 1 aromatic carbocycles. The van der Waals surface area contributed by atoms with Gasteiger partial charge in [0, 0.05) is 0 Å². The number of hydrogen-bond acceptors (Lipinski definition) is 4. The number of carbonyl (C=O) groups excluding carboxylic acids is 1. The van der Waals surface area contributed by atoms with Gasteiger partial charge >= 0.3 is 132 Å². The second kappa shape index (κ2) is 6.59. The van der Waals surface area contributed by atoms with Crippen LogP contribution in [0.4, 0.5) is 0 Å². The molecule has 1 heterocycles. The van der Waals surface area contributed by atoms with Gasteiger partial charge < -0.3 is 0 Å². The van der Waals surface area contributed by atoms with Gasteiger partial charge in [-0.3, -0.25) is 0 Å². The SMILES string of the molecule is Cc1ccc(-c2nc(C)c(COC(=O)[CH2][Po])s2)cc1. The summed E-state index contributed by atoms with van der Waals surface area (Å²) in [7, 11) is 0. The summed E-state index contributed by atoms with van der Waals surface area (Å²) in [5, 5.41) is 0.977. The predicted octanol–water partition coefficient (Wildman–Crippen LogP) is 3.06. The predicted molar refractivity (Wildman–Crippen MR) is 77.4 cm³/mol. The van der Waals surface area contributed by atoms with E-state index in [2.05, 4.69) is 36.2 Å². The van der Waals surface area contributed by atoms with E-state index in [9.17, 15) is 4.79 Å². The van der Waals surface area contributed by atoms with Gasteiger partial charge in [0.05, 0.1) is 0 Å². The fourth-order valence-corrected chi connectivity index (χ4v) is 2.87. The fourth-order valence-electron chi connectivity index (χ4n) is 1.57. The molecule has 0 amide bonds. The molecule has 99 valence electrons. The third-order valence-corrected chi connectivity index (χ3v) is 4.77. The number of esters is 1. The normalized spacial score (nSPS) is 10.5.